The van der Waals surface area contributed by atoms with Gasteiger partial charge in [0.1, 0.15) is 11.5 Å². The fraction of sp³-hybridized carbons (Fsp3) is 0.273. The number of halogens is 2. The molecule has 0 radical (unpaired) electrons. The van der Waals surface area contributed by atoms with E-state index in [-0.39, 0.29) is 41.3 Å². The maximum Gasteiger partial charge on any atom is 0.274 e. The second kappa shape index (κ2) is 8.42. The van der Waals surface area contributed by atoms with E-state index in [1.807, 2.05) is 13.8 Å². The van der Waals surface area contributed by atoms with Crippen LogP contribution < -0.4 is 10.7 Å². The molecule has 35 heavy (non-hydrogen) atoms. The number of nitrogens with zero attached hydrogens (tertiary/aromatic N) is 6. The molecular formula is C22H20F2N8O3. The predicted molar refractivity (Wildman–Crippen MR) is 121 cm³/mol. The number of hydrogen-bond acceptors (Lipinski definition) is 8. The SMILES string of the molecule is CC(C)N1CCn2c(CNc3nc(-c4[nH]nc5ncc(F)cc45)ncc3F)cc(=O)c(O)c2C1=O. The Morgan fingerprint density at radius 3 is 2.74 bits per heavy atom. The number of H-pyrrole nitrogens is 1. The number of aromatic amines is 1. The van der Waals surface area contributed by atoms with Crippen LogP contribution in [0.15, 0.2) is 29.3 Å². The lowest BCUT2D eigenvalue weighted by molar-refractivity contribution is 0.0639. The Hall–Kier alpha value is -4.42. The molecule has 180 valence electrons. The number of hydrogen-bond donors (Lipinski definition) is 3. The van der Waals surface area contributed by atoms with Gasteiger partial charge in [0.2, 0.25) is 5.43 Å². The summed E-state index contributed by atoms with van der Waals surface area (Å²) in [5.41, 5.74) is 0.0648. The molecule has 4 aromatic rings. The lowest BCUT2D eigenvalue weighted by Gasteiger charge is -2.34. The van der Waals surface area contributed by atoms with Gasteiger partial charge in [-0.1, -0.05) is 0 Å². The Morgan fingerprint density at radius 2 is 1.97 bits per heavy atom. The summed E-state index contributed by atoms with van der Waals surface area (Å²) >= 11 is 0. The number of aromatic nitrogens is 6. The largest absolute Gasteiger partial charge is 0.503 e. The molecule has 3 N–H and O–H groups in total. The molecular weight excluding hydrogens is 462 g/mol. The van der Waals surface area contributed by atoms with E-state index in [4.69, 9.17) is 0 Å². The van der Waals surface area contributed by atoms with Gasteiger partial charge in [-0.15, -0.1) is 0 Å². The molecule has 0 saturated heterocycles. The molecule has 0 atom stereocenters. The Labute approximate surface area is 196 Å². The van der Waals surface area contributed by atoms with Crippen LogP contribution in [0.25, 0.3) is 22.6 Å². The summed E-state index contributed by atoms with van der Waals surface area (Å²) in [6.07, 6.45) is 1.98. The molecule has 0 spiro atoms. The standard InChI is InChI=1S/C22H20F2N8O3/c1-10(2)31-3-4-32-12(6-15(33)18(34)17(32)22(31)35)8-26-20-14(24)9-27-21(28-20)16-13-5-11(23)7-25-19(13)30-29-16/h5-7,9-10,34H,3-4,8H2,1-2H3,(H,25,29,30)(H,26,27,28). The highest BCUT2D eigenvalue weighted by Crippen LogP contribution is 2.26. The minimum atomic E-state index is -0.760. The van der Waals surface area contributed by atoms with E-state index in [9.17, 15) is 23.5 Å². The van der Waals surface area contributed by atoms with Crippen molar-refractivity contribution in [2.75, 3.05) is 11.9 Å². The van der Waals surface area contributed by atoms with E-state index < -0.39 is 28.7 Å². The normalized spacial score (nSPS) is 13.5. The minimum absolute atomic E-state index is 0.0523. The number of rotatable bonds is 5. The van der Waals surface area contributed by atoms with Gasteiger partial charge in [-0.3, -0.25) is 14.7 Å². The maximum absolute atomic E-state index is 14.5. The van der Waals surface area contributed by atoms with Crippen LogP contribution in [0.3, 0.4) is 0 Å². The minimum Gasteiger partial charge on any atom is -0.503 e. The molecule has 13 heteroatoms. The molecule has 0 bridgehead atoms. The zero-order valence-electron chi connectivity index (χ0n) is 18.7. The molecule has 4 aromatic heterocycles. The van der Waals surface area contributed by atoms with Crippen molar-refractivity contribution in [3.63, 3.8) is 0 Å². The first-order valence-electron chi connectivity index (χ1n) is 10.8. The Kier molecular flexibility index (Phi) is 5.38. The van der Waals surface area contributed by atoms with Gasteiger partial charge in [-0.2, -0.15) is 5.10 Å². The maximum atomic E-state index is 14.5. The fourth-order valence-corrected chi connectivity index (χ4v) is 4.07. The lowest BCUT2D eigenvalue weighted by atomic mass is 10.1. The van der Waals surface area contributed by atoms with Gasteiger partial charge >= 0.3 is 0 Å². The number of nitrogens with one attached hydrogen (secondary N) is 2. The van der Waals surface area contributed by atoms with Crippen LogP contribution in [-0.2, 0) is 13.1 Å². The molecule has 1 amide bonds. The Bertz CT molecular complexity index is 1530. The number of aromatic hydroxyl groups is 1. The molecule has 0 aromatic carbocycles. The first-order valence-corrected chi connectivity index (χ1v) is 10.8. The van der Waals surface area contributed by atoms with Crippen LogP contribution in [0.1, 0.15) is 30.0 Å². The van der Waals surface area contributed by atoms with Crippen molar-refractivity contribution < 1.29 is 18.7 Å². The van der Waals surface area contributed by atoms with Crippen molar-refractivity contribution in [3.05, 3.63) is 57.8 Å². The van der Waals surface area contributed by atoms with Crippen molar-refractivity contribution in [1.82, 2.24) is 34.6 Å². The van der Waals surface area contributed by atoms with Gasteiger partial charge in [0, 0.05) is 30.9 Å². The molecule has 0 unspecified atom stereocenters. The third kappa shape index (κ3) is 3.84. The highest BCUT2D eigenvalue weighted by Gasteiger charge is 2.31. The fourth-order valence-electron chi connectivity index (χ4n) is 4.07. The lowest BCUT2D eigenvalue weighted by Crippen LogP contribution is -2.46. The van der Waals surface area contributed by atoms with Crippen LogP contribution in [0.5, 0.6) is 5.75 Å². The summed E-state index contributed by atoms with van der Waals surface area (Å²) in [6.45, 7) is 4.36. The predicted octanol–water partition coefficient (Wildman–Crippen LogP) is 2.04. The van der Waals surface area contributed by atoms with E-state index >= 15 is 0 Å². The van der Waals surface area contributed by atoms with Crippen LogP contribution in [-0.4, -0.2) is 58.2 Å². The molecule has 1 aliphatic heterocycles. The van der Waals surface area contributed by atoms with Crippen molar-refractivity contribution >= 4 is 22.8 Å². The first kappa shape index (κ1) is 22.4. The summed E-state index contributed by atoms with van der Waals surface area (Å²) in [5, 5.41) is 20.1. The van der Waals surface area contributed by atoms with Crippen LogP contribution >= 0.6 is 0 Å². The van der Waals surface area contributed by atoms with Crippen LogP contribution in [0.4, 0.5) is 14.6 Å². The summed E-state index contributed by atoms with van der Waals surface area (Å²) in [4.78, 5) is 38.8. The molecule has 0 aliphatic carbocycles. The van der Waals surface area contributed by atoms with Gasteiger partial charge in [0.25, 0.3) is 5.91 Å². The molecule has 5 heterocycles. The van der Waals surface area contributed by atoms with E-state index in [1.54, 1.807) is 9.47 Å². The molecule has 11 nitrogen and oxygen atoms in total. The third-order valence-electron chi connectivity index (χ3n) is 5.80. The first-order chi connectivity index (χ1) is 16.7. The topological polar surface area (TPSA) is 142 Å². The summed E-state index contributed by atoms with van der Waals surface area (Å²) in [5.74, 6) is -2.53. The zero-order valence-corrected chi connectivity index (χ0v) is 18.7. The number of carbonyl (C=O) groups is 1. The molecule has 5 rings (SSSR count). The number of amides is 1. The Balaban J connectivity index is 1.48. The van der Waals surface area contributed by atoms with Gasteiger partial charge in [-0.05, 0) is 19.9 Å². The smallest absolute Gasteiger partial charge is 0.274 e. The van der Waals surface area contributed by atoms with Gasteiger partial charge in [-0.25, -0.2) is 23.7 Å². The molecule has 1 aliphatic rings. The highest BCUT2D eigenvalue weighted by molar-refractivity contribution is 5.96. The van der Waals surface area contributed by atoms with Crippen LogP contribution in [0.2, 0.25) is 0 Å². The Morgan fingerprint density at radius 1 is 1.17 bits per heavy atom. The molecule has 0 saturated carbocycles. The van der Waals surface area contributed by atoms with E-state index in [2.05, 4.69) is 30.5 Å². The molecule has 0 fully saturated rings. The summed E-state index contributed by atoms with van der Waals surface area (Å²) in [7, 11) is 0. The van der Waals surface area contributed by atoms with E-state index in [1.165, 1.54) is 12.1 Å². The number of carbonyl (C=O) groups excluding carboxylic acids is 1. The zero-order chi connectivity index (χ0) is 24.9. The van der Waals surface area contributed by atoms with Gasteiger partial charge < -0.3 is 19.9 Å². The average molecular weight is 482 g/mol. The van der Waals surface area contributed by atoms with E-state index in [0.29, 0.717) is 24.2 Å². The van der Waals surface area contributed by atoms with Gasteiger partial charge in [0.15, 0.2) is 34.6 Å². The van der Waals surface area contributed by atoms with Gasteiger partial charge in [0.05, 0.1) is 24.3 Å². The number of anilines is 1. The van der Waals surface area contributed by atoms with Crippen molar-refractivity contribution in [1.29, 1.82) is 0 Å². The van der Waals surface area contributed by atoms with Crippen LogP contribution in [0, 0.1) is 11.6 Å². The monoisotopic (exact) mass is 482 g/mol. The average Bonchev–Trinajstić information content (AvgIpc) is 3.24. The summed E-state index contributed by atoms with van der Waals surface area (Å²) < 4.78 is 29.7. The number of pyridine rings is 2. The van der Waals surface area contributed by atoms with E-state index in [0.717, 1.165) is 12.4 Å². The highest BCUT2D eigenvalue weighted by atomic mass is 19.1. The number of fused-ring (bicyclic) bond motifs is 2. The second-order valence-electron chi connectivity index (χ2n) is 8.31. The third-order valence-corrected chi connectivity index (χ3v) is 5.80. The second-order valence-corrected chi connectivity index (χ2v) is 8.31. The van der Waals surface area contributed by atoms with Crippen molar-refractivity contribution in [3.8, 4) is 17.3 Å². The van der Waals surface area contributed by atoms with Crippen molar-refractivity contribution in [2.24, 2.45) is 0 Å². The van der Waals surface area contributed by atoms with Crippen molar-refractivity contribution in [2.45, 2.75) is 33.0 Å². The quantitative estimate of drug-likeness (QED) is 0.392. The summed E-state index contributed by atoms with van der Waals surface area (Å²) in [6, 6.07) is 2.30.